The molecule has 4 nitrogen and oxygen atoms in total. The molecular formula is C19H38N4. The lowest BCUT2D eigenvalue weighted by molar-refractivity contribution is -0.0553. The summed E-state index contributed by atoms with van der Waals surface area (Å²) in [5.41, 5.74) is 0.682. The van der Waals surface area contributed by atoms with Crippen LogP contribution in [0.2, 0.25) is 0 Å². The van der Waals surface area contributed by atoms with Crippen molar-refractivity contribution in [2.24, 2.45) is 5.41 Å². The van der Waals surface area contributed by atoms with Crippen molar-refractivity contribution < 1.29 is 0 Å². The Morgan fingerprint density at radius 1 is 0.652 bits per heavy atom. The predicted molar refractivity (Wildman–Crippen MR) is 98.0 cm³/mol. The standard InChI is InChI=1S/C19H38N4/c1-17(2)22-7-5-19(6-8-22)15-21(16-19)10-9-20-11-13-23(14-12-20)18(3)4/h17-18H,5-16H2,1-4H3. The fourth-order valence-corrected chi connectivity index (χ4v) is 4.68. The van der Waals surface area contributed by atoms with Crippen molar-refractivity contribution in [2.75, 3.05) is 65.4 Å². The van der Waals surface area contributed by atoms with E-state index in [0.717, 1.165) is 6.04 Å². The van der Waals surface area contributed by atoms with Crippen LogP contribution < -0.4 is 0 Å². The molecule has 1 spiro atoms. The Morgan fingerprint density at radius 2 is 1.13 bits per heavy atom. The molecule has 0 atom stereocenters. The molecule has 0 saturated carbocycles. The lowest BCUT2D eigenvalue weighted by Crippen LogP contribution is -2.62. The van der Waals surface area contributed by atoms with E-state index in [1.165, 1.54) is 78.3 Å². The van der Waals surface area contributed by atoms with Crippen LogP contribution in [0.4, 0.5) is 0 Å². The first-order valence-electron chi connectivity index (χ1n) is 9.90. The molecule has 3 aliphatic rings. The normalized spacial score (nSPS) is 27.9. The summed E-state index contributed by atoms with van der Waals surface area (Å²) in [5.74, 6) is 0. The van der Waals surface area contributed by atoms with Crippen LogP contribution in [0.3, 0.4) is 0 Å². The molecule has 0 aromatic rings. The SMILES string of the molecule is CC(C)N1CCN(CCN2CC3(CCN(C(C)C)CC3)C2)CC1. The Kier molecular flexibility index (Phi) is 5.67. The summed E-state index contributed by atoms with van der Waals surface area (Å²) in [4.78, 5) is 10.6. The molecule has 3 fully saturated rings. The molecule has 0 aliphatic carbocycles. The van der Waals surface area contributed by atoms with Gasteiger partial charge in [-0.15, -0.1) is 0 Å². The van der Waals surface area contributed by atoms with Crippen LogP contribution in [0.15, 0.2) is 0 Å². The highest BCUT2D eigenvalue weighted by molar-refractivity contribution is 4.98. The highest BCUT2D eigenvalue weighted by Gasteiger charge is 2.44. The summed E-state index contributed by atoms with van der Waals surface area (Å²) < 4.78 is 0. The van der Waals surface area contributed by atoms with Crippen LogP contribution in [-0.2, 0) is 0 Å². The first kappa shape index (κ1) is 17.7. The lowest BCUT2D eigenvalue weighted by atomic mass is 9.72. The summed E-state index contributed by atoms with van der Waals surface area (Å²) >= 11 is 0. The highest BCUT2D eigenvalue weighted by Crippen LogP contribution is 2.40. The minimum Gasteiger partial charge on any atom is -0.301 e. The van der Waals surface area contributed by atoms with Crippen LogP contribution in [0, 0.1) is 5.41 Å². The van der Waals surface area contributed by atoms with Gasteiger partial charge in [0, 0.05) is 64.4 Å². The number of hydrogen-bond donors (Lipinski definition) is 0. The topological polar surface area (TPSA) is 13.0 Å². The van der Waals surface area contributed by atoms with E-state index in [1.54, 1.807) is 0 Å². The first-order valence-corrected chi connectivity index (χ1v) is 9.90. The molecule has 134 valence electrons. The second-order valence-electron chi connectivity index (χ2n) is 8.81. The maximum absolute atomic E-state index is 2.71. The molecule has 3 heterocycles. The minimum atomic E-state index is 0.682. The van der Waals surface area contributed by atoms with Gasteiger partial charge in [-0.25, -0.2) is 0 Å². The largest absolute Gasteiger partial charge is 0.301 e. The Morgan fingerprint density at radius 3 is 1.65 bits per heavy atom. The van der Waals surface area contributed by atoms with E-state index in [1.807, 2.05) is 0 Å². The van der Waals surface area contributed by atoms with Crippen molar-refractivity contribution >= 4 is 0 Å². The number of nitrogens with zero attached hydrogens (tertiary/aromatic N) is 4. The van der Waals surface area contributed by atoms with Gasteiger partial charge in [0.25, 0.3) is 0 Å². The number of hydrogen-bond acceptors (Lipinski definition) is 4. The Hall–Kier alpha value is -0.160. The summed E-state index contributed by atoms with van der Waals surface area (Å²) in [7, 11) is 0. The Labute approximate surface area is 143 Å². The van der Waals surface area contributed by atoms with Gasteiger partial charge >= 0.3 is 0 Å². The summed E-state index contributed by atoms with van der Waals surface area (Å²) in [5, 5.41) is 0. The summed E-state index contributed by atoms with van der Waals surface area (Å²) in [6.45, 7) is 22.3. The van der Waals surface area contributed by atoms with E-state index in [-0.39, 0.29) is 0 Å². The predicted octanol–water partition coefficient (Wildman–Crippen LogP) is 1.82. The summed E-state index contributed by atoms with van der Waals surface area (Å²) in [6, 6.07) is 1.44. The van der Waals surface area contributed by atoms with E-state index in [4.69, 9.17) is 0 Å². The van der Waals surface area contributed by atoms with E-state index in [0.29, 0.717) is 11.5 Å². The molecule has 0 N–H and O–H groups in total. The third-order valence-electron chi connectivity index (χ3n) is 6.58. The van der Waals surface area contributed by atoms with E-state index >= 15 is 0 Å². The zero-order valence-corrected chi connectivity index (χ0v) is 15.9. The van der Waals surface area contributed by atoms with Gasteiger partial charge in [-0.1, -0.05) is 0 Å². The van der Waals surface area contributed by atoms with Crippen LogP contribution in [0.5, 0.6) is 0 Å². The monoisotopic (exact) mass is 322 g/mol. The third kappa shape index (κ3) is 4.28. The average Bonchev–Trinajstić information content (AvgIpc) is 2.51. The zero-order valence-electron chi connectivity index (χ0n) is 15.9. The molecule has 0 radical (unpaired) electrons. The number of piperazine rings is 1. The van der Waals surface area contributed by atoms with Gasteiger partial charge in [0.1, 0.15) is 0 Å². The highest BCUT2D eigenvalue weighted by atomic mass is 15.3. The van der Waals surface area contributed by atoms with Gasteiger partial charge < -0.3 is 9.80 Å². The first-order chi connectivity index (χ1) is 11.0. The van der Waals surface area contributed by atoms with E-state index in [9.17, 15) is 0 Å². The van der Waals surface area contributed by atoms with Crippen LogP contribution in [-0.4, -0.2) is 97.1 Å². The van der Waals surface area contributed by atoms with Gasteiger partial charge in [0.05, 0.1) is 0 Å². The van der Waals surface area contributed by atoms with Gasteiger partial charge in [0.2, 0.25) is 0 Å². The van der Waals surface area contributed by atoms with Gasteiger partial charge in [-0.3, -0.25) is 9.80 Å². The van der Waals surface area contributed by atoms with Crippen molar-refractivity contribution in [2.45, 2.75) is 52.6 Å². The fourth-order valence-electron chi connectivity index (χ4n) is 4.68. The lowest BCUT2D eigenvalue weighted by Gasteiger charge is -2.55. The van der Waals surface area contributed by atoms with Gasteiger partial charge in [-0.2, -0.15) is 0 Å². The number of rotatable bonds is 5. The van der Waals surface area contributed by atoms with Crippen molar-refractivity contribution in [3.8, 4) is 0 Å². The van der Waals surface area contributed by atoms with Crippen LogP contribution in [0.25, 0.3) is 0 Å². The molecule has 3 saturated heterocycles. The molecule has 23 heavy (non-hydrogen) atoms. The molecule has 0 aromatic carbocycles. The molecule has 0 aromatic heterocycles. The molecule has 0 bridgehead atoms. The maximum Gasteiger partial charge on any atom is 0.0113 e. The van der Waals surface area contributed by atoms with Crippen molar-refractivity contribution in [1.82, 2.24) is 19.6 Å². The smallest absolute Gasteiger partial charge is 0.0113 e. The van der Waals surface area contributed by atoms with E-state index < -0.39 is 0 Å². The second kappa shape index (κ2) is 7.38. The minimum absolute atomic E-state index is 0.682. The molecule has 3 rings (SSSR count). The second-order valence-corrected chi connectivity index (χ2v) is 8.81. The Balaban J connectivity index is 1.31. The van der Waals surface area contributed by atoms with Crippen LogP contribution in [0.1, 0.15) is 40.5 Å². The Bertz CT molecular complexity index is 358. The van der Waals surface area contributed by atoms with Crippen molar-refractivity contribution in [1.29, 1.82) is 0 Å². The quantitative estimate of drug-likeness (QED) is 0.765. The van der Waals surface area contributed by atoms with E-state index in [2.05, 4.69) is 47.3 Å². The number of piperidine rings is 1. The fraction of sp³-hybridized carbons (Fsp3) is 1.00. The van der Waals surface area contributed by atoms with Crippen LogP contribution >= 0.6 is 0 Å². The summed E-state index contributed by atoms with van der Waals surface area (Å²) in [6.07, 6.45) is 2.85. The zero-order chi connectivity index (χ0) is 16.4. The van der Waals surface area contributed by atoms with Gasteiger partial charge in [0.15, 0.2) is 0 Å². The van der Waals surface area contributed by atoms with Crippen molar-refractivity contribution in [3.05, 3.63) is 0 Å². The van der Waals surface area contributed by atoms with Gasteiger partial charge in [-0.05, 0) is 59.0 Å². The maximum atomic E-state index is 2.71. The molecule has 0 unspecified atom stereocenters. The number of likely N-dealkylation sites (tertiary alicyclic amines) is 2. The van der Waals surface area contributed by atoms with Crippen molar-refractivity contribution in [3.63, 3.8) is 0 Å². The molecule has 3 aliphatic heterocycles. The third-order valence-corrected chi connectivity index (χ3v) is 6.58. The molecule has 4 heteroatoms. The molecular weight excluding hydrogens is 284 g/mol. The average molecular weight is 323 g/mol. The molecule has 0 amide bonds.